The van der Waals surface area contributed by atoms with Crippen LogP contribution in [0.2, 0.25) is 0 Å². The number of aromatic nitrogens is 4. The largest absolute Gasteiger partial charge is 0.394 e. The maximum absolute atomic E-state index is 10.7. The van der Waals surface area contributed by atoms with Gasteiger partial charge in [-0.1, -0.05) is 60.7 Å². The minimum absolute atomic E-state index is 0.0389. The van der Waals surface area contributed by atoms with Gasteiger partial charge in [-0.05, 0) is 17.5 Å². The number of anilines is 2. The minimum Gasteiger partial charge on any atom is -0.394 e. The third kappa shape index (κ3) is 4.95. The highest BCUT2D eigenvalue weighted by Crippen LogP contribution is 2.34. The molecule has 2 aromatic heterocycles. The summed E-state index contributed by atoms with van der Waals surface area (Å²) in [5, 5.41) is 44.2. The number of β-amino-alcohol motifs (C(OH)–C–C–N with tert-alkyl or cyclic N) is 1. The molecular weight excluding hydrogens is 500 g/mol. The fourth-order valence-corrected chi connectivity index (χ4v) is 5.39. The molecule has 4 aromatic rings. The molecule has 2 saturated heterocycles. The Hall–Kier alpha value is -3.61. The number of aliphatic hydroxyl groups is 4. The SMILES string of the molecule is OC[C@H]1O[C@@H](n2cnc3c(NCC(c4ccccc4)c4ccccc4)nc(N4CCC(O)C4)nc32)[C@H](O)[C@@H]1O. The fourth-order valence-electron chi connectivity index (χ4n) is 5.39. The lowest BCUT2D eigenvalue weighted by Gasteiger charge is -2.21. The Bertz CT molecular complexity index is 1360. The molecule has 2 fully saturated rings. The van der Waals surface area contributed by atoms with Gasteiger partial charge in [-0.3, -0.25) is 4.57 Å². The van der Waals surface area contributed by atoms with Crippen LogP contribution < -0.4 is 10.2 Å². The first-order chi connectivity index (χ1) is 19.0. The Labute approximate surface area is 225 Å². The summed E-state index contributed by atoms with van der Waals surface area (Å²) in [6.07, 6.45) is -2.78. The molecular formula is C28H32N6O5. The van der Waals surface area contributed by atoms with E-state index in [0.717, 1.165) is 11.1 Å². The third-order valence-corrected chi connectivity index (χ3v) is 7.52. The van der Waals surface area contributed by atoms with Gasteiger partial charge in [0.25, 0.3) is 0 Å². The smallest absolute Gasteiger partial charge is 0.229 e. The Morgan fingerprint density at radius 1 is 0.949 bits per heavy atom. The Balaban J connectivity index is 1.38. The van der Waals surface area contributed by atoms with Gasteiger partial charge in [-0.2, -0.15) is 9.97 Å². The monoisotopic (exact) mass is 532 g/mol. The summed E-state index contributed by atoms with van der Waals surface area (Å²) < 4.78 is 7.33. The van der Waals surface area contributed by atoms with Crippen molar-refractivity contribution < 1.29 is 25.2 Å². The molecule has 0 bridgehead atoms. The molecule has 0 spiro atoms. The lowest BCUT2D eigenvalue weighted by molar-refractivity contribution is -0.0511. The molecule has 5 atom stereocenters. The quantitative estimate of drug-likeness (QED) is 0.224. The van der Waals surface area contributed by atoms with E-state index in [-0.39, 0.29) is 5.92 Å². The number of hydrogen-bond acceptors (Lipinski definition) is 10. The highest BCUT2D eigenvalue weighted by atomic mass is 16.6. The lowest BCUT2D eigenvalue weighted by atomic mass is 9.91. The Morgan fingerprint density at radius 2 is 1.64 bits per heavy atom. The van der Waals surface area contributed by atoms with Gasteiger partial charge in [-0.15, -0.1) is 0 Å². The van der Waals surface area contributed by atoms with Gasteiger partial charge in [0.1, 0.15) is 18.3 Å². The highest BCUT2D eigenvalue weighted by molar-refractivity contribution is 5.84. The summed E-state index contributed by atoms with van der Waals surface area (Å²) >= 11 is 0. The van der Waals surface area contributed by atoms with Crippen LogP contribution in [0.3, 0.4) is 0 Å². The average Bonchev–Trinajstić information content (AvgIpc) is 3.67. The van der Waals surface area contributed by atoms with Crippen molar-refractivity contribution in [1.29, 1.82) is 0 Å². The van der Waals surface area contributed by atoms with E-state index in [4.69, 9.17) is 14.7 Å². The van der Waals surface area contributed by atoms with Gasteiger partial charge in [0.2, 0.25) is 5.95 Å². The van der Waals surface area contributed by atoms with E-state index in [9.17, 15) is 20.4 Å². The molecule has 6 rings (SSSR count). The maximum Gasteiger partial charge on any atom is 0.229 e. The normalized spacial score (nSPS) is 25.2. The van der Waals surface area contributed by atoms with Crippen molar-refractivity contribution in [2.45, 2.75) is 43.0 Å². The molecule has 0 saturated carbocycles. The van der Waals surface area contributed by atoms with Crippen LogP contribution in [-0.2, 0) is 4.74 Å². The average molecular weight is 533 g/mol. The van der Waals surface area contributed by atoms with E-state index in [1.165, 1.54) is 6.33 Å². The van der Waals surface area contributed by atoms with Crippen molar-refractivity contribution in [1.82, 2.24) is 19.5 Å². The number of hydrogen-bond donors (Lipinski definition) is 5. The third-order valence-electron chi connectivity index (χ3n) is 7.52. The summed E-state index contributed by atoms with van der Waals surface area (Å²) in [6, 6.07) is 20.5. The van der Waals surface area contributed by atoms with E-state index in [1.807, 2.05) is 41.3 Å². The standard InChI is InChI=1S/C28H32N6O5/c35-15-21-23(37)24(38)27(39-21)34-16-30-22-25(31-28(32-26(22)34)33-12-11-19(36)14-33)29-13-20(17-7-3-1-4-8-17)18-9-5-2-6-10-18/h1-10,16,19-21,23-24,27,35-38H,11-15H2,(H,29,31,32)/t19?,21-,23-,24-,27-/m1/s1. The van der Waals surface area contributed by atoms with E-state index < -0.39 is 37.3 Å². The second-order valence-corrected chi connectivity index (χ2v) is 10.1. The fraction of sp³-hybridized carbons (Fsp3) is 0.393. The number of benzene rings is 2. The molecule has 4 heterocycles. The molecule has 204 valence electrons. The van der Waals surface area contributed by atoms with E-state index in [0.29, 0.717) is 49.0 Å². The Kier molecular flexibility index (Phi) is 7.15. The molecule has 2 aromatic carbocycles. The zero-order valence-corrected chi connectivity index (χ0v) is 21.3. The van der Waals surface area contributed by atoms with Gasteiger partial charge < -0.3 is 35.4 Å². The number of nitrogens with one attached hydrogen (secondary N) is 1. The first kappa shape index (κ1) is 25.7. The van der Waals surface area contributed by atoms with Crippen molar-refractivity contribution in [2.75, 3.05) is 36.5 Å². The van der Waals surface area contributed by atoms with Crippen LogP contribution in [0, 0.1) is 0 Å². The summed E-state index contributed by atoms with van der Waals surface area (Å²) in [5.41, 5.74) is 3.20. The second-order valence-electron chi connectivity index (χ2n) is 10.1. The van der Waals surface area contributed by atoms with Crippen molar-refractivity contribution in [3.05, 3.63) is 78.1 Å². The van der Waals surface area contributed by atoms with Gasteiger partial charge in [0, 0.05) is 25.6 Å². The van der Waals surface area contributed by atoms with Crippen LogP contribution in [0.4, 0.5) is 11.8 Å². The Morgan fingerprint density at radius 3 is 2.23 bits per heavy atom. The van der Waals surface area contributed by atoms with Crippen LogP contribution in [0.5, 0.6) is 0 Å². The molecule has 0 aliphatic carbocycles. The second kappa shape index (κ2) is 10.9. The van der Waals surface area contributed by atoms with E-state index in [2.05, 4.69) is 34.6 Å². The van der Waals surface area contributed by atoms with Gasteiger partial charge in [0.05, 0.1) is 19.0 Å². The topological polar surface area (TPSA) is 149 Å². The summed E-state index contributed by atoms with van der Waals surface area (Å²) in [4.78, 5) is 16.0. The number of aliphatic hydroxyl groups excluding tert-OH is 4. The molecule has 1 unspecified atom stereocenters. The predicted octanol–water partition coefficient (Wildman–Crippen LogP) is 1.25. The molecule has 0 amide bonds. The summed E-state index contributed by atoms with van der Waals surface area (Å²) in [7, 11) is 0. The first-order valence-corrected chi connectivity index (χ1v) is 13.2. The van der Waals surface area contributed by atoms with Gasteiger partial charge >= 0.3 is 0 Å². The minimum atomic E-state index is -1.27. The predicted molar refractivity (Wildman–Crippen MR) is 144 cm³/mol. The number of fused-ring (bicyclic) bond motifs is 1. The van der Waals surface area contributed by atoms with Crippen LogP contribution in [0.15, 0.2) is 67.0 Å². The van der Waals surface area contributed by atoms with Gasteiger partial charge in [0.15, 0.2) is 23.2 Å². The zero-order chi connectivity index (χ0) is 26.9. The zero-order valence-electron chi connectivity index (χ0n) is 21.3. The van der Waals surface area contributed by atoms with Crippen molar-refractivity contribution in [3.8, 4) is 0 Å². The molecule has 11 nitrogen and oxygen atoms in total. The number of rotatable bonds is 8. The van der Waals surface area contributed by atoms with Crippen LogP contribution >= 0.6 is 0 Å². The van der Waals surface area contributed by atoms with Crippen molar-refractivity contribution in [2.24, 2.45) is 0 Å². The molecule has 5 N–H and O–H groups in total. The first-order valence-electron chi connectivity index (χ1n) is 13.2. The molecule has 39 heavy (non-hydrogen) atoms. The summed E-state index contributed by atoms with van der Waals surface area (Å²) in [5.74, 6) is 0.974. The van der Waals surface area contributed by atoms with Crippen LogP contribution in [0.1, 0.15) is 29.7 Å². The number of ether oxygens (including phenoxy) is 1. The van der Waals surface area contributed by atoms with Gasteiger partial charge in [-0.25, -0.2) is 4.98 Å². The summed E-state index contributed by atoms with van der Waals surface area (Å²) in [6.45, 7) is 1.11. The van der Waals surface area contributed by atoms with Crippen LogP contribution in [-0.4, -0.2) is 90.6 Å². The molecule has 0 radical (unpaired) electrons. The maximum atomic E-state index is 10.7. The number of nitrogens with zero attached hydrogens (tertiary/aromatic N) is 5. The molecule has 2 aliphatic heterocycles. The highest BCUT2D eigenvalue weighted by Gasteiger charge is 2.44. The van der Waals surface area contributed by atoms with Crippen molar-refractivity contribution in [3.63, 3.8) is 0 Å². The lowest BCUT2D eigenvalue weighted by Crippen LogP contribution is -2.33. The van der Waals surface area contributed by atoms with Crippen molar-refractivity contribution >= 4 is 22.9 Å². The van der Waals surface area contributed by atoms with Crippen LogP contribution in [0.25, 0.3) is 11.2 Å². The van der Waals surface area contributed by atoms with E-state index >= 15 is 0 Å². The van der Waals surface area contributed by atoms with E-state index in [1.54, 1.807) is 4.57 Å². The molecule has 11 heteroatoms. The molecule has 2 aliphatic rings. The number of imidazole rings is 1.